The zero-order chi connectivity index (χ0) is 10.4. The number of likely N-dealkylation sites (tertiary alicyclic amines) is 1. The Hall–Kier alpha value is -0.0800. The van der Waals surface area contributed by atoms with Gasteiger partial charge in [-0.15, -0.1) is 0 Å². The minimum atomic E-state index is 0.374. The summed E-state index contributed by atoms with van der Waals surface area (Å²) >= 11 is 0. The molecule has 0 bridgehead atoms. The molecule has 1 aliphatic rings. The van der Waals surface area contributed by atoms with Crippen LogP contribution in [0.3, 0.4) is 0 Å². The monoisotopic (exact) mass is 186 g/mol. The van der Waals surface area contributed by atoms with Gasteiger partial charge in [-0.2, -0.15) is 0 Å². The molecular formula is C11H26N2. The van der Waals surface area contributed by atoms with E-state index in [1.165, 1.54) is 19.5 Å². The zero-order valence-electron chi connectivity index (χ0n) is 9.88. The Morgan fingerprint density at radius 1 is 1.23 bits per heavy atom. The highest BCUT2D eigenvalue weighted by atomic mass is 15.2. The van der Waals surface area contributed by atoms with Gasteiger partial charge < -0.3 is 10.6 Å². The minimum absolute atomic E-state index is 0.374. The van der Waals surface area contributed by atoms with Crippen LogP contribution in [0, 0.1) is 5.92 Å². The van der Waals surface area contributed by atoms with Gasteiger partial charge in [0.05, 0.1) is 0 Å². The van der Waals surface area contributed by atoms with Crippen molar-refractivity contribution in [3.63, 3.8) is 0 Å². The Kier molecular flexibility index (Phi) is 6.35. The molecule has 13 heavy (non-hydrogen) atoms. The molecule has 0 amide bonds. The predicted molar refractivity (Wildman–Crippen MR) is 59.8 cm³/mol. The predicted octanol–water partition coefficient (Wildman–Crippen LogP) is 2.09. The van der Waals surface area contributed by atoms with E-state index in [-0.39, 0.29) is 0 Å². The summed E-state index contributed by atoms with van der Waals surface area (Å²) in [6.45, 7) is 13.1. The topological polar surface area (TPSA) is 29.3 Å². The standard InChI is InChI=1S/C9H20N2.C2H6/c1-7(2)11-5-4-9(6-11)8(3)10;1-2/h7-9H,4-6,10H2,1-3H3;1-2H3. The molecule has 1 fully saturated rings. The van der Waals surface area contributed by atoms with Gasteiger partial charge in [-0.3, -0.25) is 0 Å². The quantitative estimate of drug-likeness (QED) is 0.715. The summed E-state index contributed by atoms with van der Waals surface area (Å²) in [5.41, 5.74) is 5.83. The maximum atomic E-state index is 5.83. The van der Waals surface area contributed by atoms with E-state index >= 15 is 0 Å². The van der Waals surface area contributed by atoms with Crippen LogP contribution >= 0.6 is 0 Å². The molecule has 0 aliphatic carbocycles. The zero-order valence-corrected chi connectivity index (χ0v) is 9.88. The molecular weight excluding hydrogens is 160 g/mol. The molecule has 2 heteroatoms. The molecule has 2 unspecified atom stereocenters. The molecule has 2 atom stereocenters. The van der Waals surface area contributed by atoms with E-state index in [2.05, 4.69) is 25.7 Å². The fourth-order valence-electron chi connectivity index (χ4n) is 1.71. The van der Waals surface area contributed by atoms with E-state index in [0.29, 0.717) is 12.1 Å². The van der Waals surface area contributed by atoms with E-state index < -0.39 is 0 Å². The van der Waals surface area contributed by atoms with Crippen LogP contribution in [0.4, 0.5) is 0 Å². The fourth-order valence-corrected chi connectivity index (χ4v) is 1.71. The maximum Gasteiger partial charge on any atom is 0.00514 e. The molecule has 1 saturated heterocycles. The van der Waals surface area contributed by atoms with Crippen molar-refractivity contribution < 1.29 is 0 Å². The Labute approximate surface area is 83.5 Å². The van der Waals surface area contributed by atoms with Crippen LogP contribution in [-0.4, -0.2) is 30.1 Å². The second kappa shape index (κ2) is 6.39. The third-order valence-electron chi connectivity index (χ3n) is 2.73. The molecule has 0 aromatic rings. The van der Waals surface area contributed by atoms with Crippen molar-refractivity contribution in [1.29, 1.82) is 0 Å². The first kappa shape index (κ1) is 12.9. The first-order valence-corrected chi connectivity index (χ1v) is 5.61. The highest BCUT2D eigenvalue weighted by molar-refractivity contribution is 4.82. The number of nitrogens with two attached hydrogens (primary N) is 1. The van der Waals surface area contributed by atoms with Crippen molar-refractivity contribution >= 4 is 0 Å². The molecule has 2 N–H and O–H groups in total. The fraction of sp³-hybridized carbons (Fsp3) is 1.00. The van der Waals surface area contributed by atoms with Gasteiger partial charge in [-0.05, 0) is 39.7 Å². The average molecular weight is 186 g/mol. The second-order valence-electron chi connectivity index (χ2n) is 4.00. The summed E-state index contributed by atoms with van der Waals surface area (Å²) < 4.78 is 0. The van der Waals surface area contributed by atoms with Gasteiger partial charge in [-0.25, -0.2) is 0 Å². The van der Waals surface area contributed by atoms with Gasteiger partial charge >= 0.3 is 0 Å². The Morgan fingerprint density at radius 3 is 2.00 bits per heavy atom. The normalized spacial score (nSPS) is 25.6. The van der Waals surface area contributed by atoms with Crippen molar-refractivity contribution in [2.45, 2.75) is 53.1 Å². The van der Waals surface area contributed by atoms with Crippen molar-refractivity contribution in [1.82, 2.24) is 4.90 Å². The number of hydrogen-bond donors (Lipinski definition) is 1. The summed E-state index contributed by atoms with van der Waals surface area (Å²) in [4.78, 5) is 2.51. The van der Waals surface area contributed by atoms with E-state index in [0.717, 1.165) is 5.92 Å². The molecule has 1 rings (SSSR count). The van der Waals surface area contributed by atoms with Crippen molar-refractivity contribution in [2.75, 3.05) is 13.1 Å². The summed E-state index contributed by atoms with van der Waals surface area (Å²) in [5, 5.41) is 0. The third-order valence-corrected chi connectivity index (χ3v) is 2.73. The van der Waals surface area contributed by atoms with Crippen molar-refractivity contribution in [2.24, 2.45) is 11.7 Å². The highest BCUT2D eigenvalue weighted by Gasteiger charge is 2.26. The maximum absolute atomic E-state index is 5.83. The van der Waals surface area contributed by atoms with E-state index in [1.54, 1.807) is 0 Å². The summed E-state index contributed by atoms with van der Waals surface area (Å²) in [7, 11) is 0. The van der Waals surface area contributed by atoms with Crippen LogP contribution in [0.2, 0.25) is 0 Å². The number of nitrogens with zero attached hydrogens (tertiary/aromatic N) is 1. The highest BCUT2D eigenvalue weighted by Crippen LogP contribution is 2.20. The second-order valence-corrected chi connectivity index (χ2v) is 4.00. The van der Waals surface area contributed by atoms with E-state index in [4.69, 9.17) is 5.73 Å². The Morgan fingerprint density at radius 2 is 1.77 bits per heavy atom. The van der Waals surface area contributed by atoms with Gasteiger partial charge in [0.1, 0.15) is 0 Å². The largest absolute Gasteiger partial charge is 0.328 e. The first-order chi connectivity index (χ1) is 6.11. The van der Waals surface area contributed by atoms with Crippen molar-refractivity contribution in [3.8, 4) is 0 Å². The van der Waals surface area contributed by atoms with Gasteiger partial charge in [0.15, 0.2) is 0 Å². The van der Waals surface area contributed by atoms with Crippen LogP contribution in [-0.2, 0) is 0 Å². The molecule has 2 nitrogen and oxygen atoms in total. The van der Waals surface area contributed by atoms with Gasteiger partial charge in [0, 0.05) is 18.6 Å². The van der Waals surface area contributed by atoms with Gasteiger partial charge in [0.2, 0.25) is 0 Å². The Balaban J connectivity index is 0.000000671. The van der Waals surface area contributed by atoms with Crippen LogP contribution in [0.15, 0.2) is 0 Å². The third kappa shape index (κ3) is 4.10. The first-order valence-electron chi connectivity index (χ1n) is 5.61. The van der Waals surface area contributed by atoms with Crippen LogP contribution < -0.4 is 5.73 Å². The van der Waals surface area contributed by atoms with Gasteiger partial charge in [-0.1, -0.05) is 13.8 Å². The molecule has 0 aromatic heterocycles. The summed E-state index contributed by atoms with van der Waals surface area (Å²) in [6, 6.07) is 1.07. The van der Waals surface area contributed by atoms with E-state index in [1.807, 2.05) is 13.8 Å². The smallest absolute Gasteiger partial charge is 0.00514 e. The minimum Gasteiger partial charge on any atom is -0.328 e. The lowest BCUT2D eigenvalue weighted by Crippen LogP contribution is -2.32. The average Bonchev–Trinajstić information content (AvgIpc) is 2.56. The van der Waals surface area contributed by atoms with Crippen molar-refractivity contribution in [3.05, 3.63) is 0 Å². The molecule has 1 aliphatic heterocycles. The molecule has 80 valence electrons. The number of hydrogen-bond acceptors (Lipinski definition) is 2. The lowest BCUT2D eigenvalue weighted by atomic mass is 10.0. The van der Waals surface area contributed by atoms with Crippen LogP contribution in [0.5, 0.6) is 0 Å². The lowest BCUT2D eigenvalue weighted by molar-refractivity contribution is 0.260. The van der Waals surface area contributed by atoms with Crippen LogP contribution in [0.25, 0.3) is 0 Å². The van der Waals surface area contributed by atoms with Gasteiger partial charge in [0.25, 0.3) is 0 Å². The lowest BCUT2D eigenvalue weighted by Gasteiger charge is -2.21. The summed E-state index contributed by atoms with van der Waals surface area (Å²) in [5.74, 6) is 0.734. The number of rotatable bonds is 2. The molecule has 0 radical (unpaired) electrons. The Bertz CT molecular complexity index is 107. The molecule has 0 spiro atoms. The van der Waals surface area contributed by atoms with E-state index in [9.17, 15) is 0 Å². The molecule has 0 aromatic carbocycles. The molecule has 0 saturated carbocycles. The molecule has 1 heterocycles. The van der Waals surface area contributed by atoms with Crippen LogP contribution in [0.1, 0.15) is 41.0 Å². The SMILES string of the molecule is CC.CC(N)C1CCN(C(C)C)C1. The summed E-state index contributed by atoms with van der Waals surface area (Å²) in [6.07, 6.45) is 1.29.